The highest BCUT2D eigenvalue weighted by Crippen LogP contribution is 2.28. The van der Waals surface area contributed by atoms with Gasteiger partial charge in [0, 0.05) is 10.5 Å². The predicted octanol–water partition coefficient (Wildman–Crippen LogP) is 8.64. The monoisotopic (exact) mass is 446 g/mol. The van der Waals surface area contributed by atoms with Gasteiger partial charge >= 0.3 is 0 Å². The van der Waals surface area contributed by atoms with Gasteiger partial charge in [0.05, 0.1) is 0 Å². The molecular weight excluding hydrogens is 416 g/mol. The van der Waals surface area contributed by atoms with Crippen LogP contribution in [0, 0.1) is 19.3 Å². The third kappa shape index (κ3) is 6.28. The number of aryl methyl sites for hydroxylation is 2. The first-order valence-corrected chi connectivity index (χ1v) is 11.5. The number of benzene rings is 3. The maximum Gasteiger partial charge on any atom is 0.0248 e. The van der Waals surface area contributed by atoms with Crippen LogP contribution in [0.3, 0.4) is 0 Å². The zero-order valence-corrected chi connectivity index (χ0v) is 20.3. The first-order valence-electron chi connectivity index (χ1n) is 11.1. The van der Waals surface area contributed by atoms with Gasteiger partial charge in [0.15, 0.2) is 0 Å². The van der Waals surface area contributed by atoms with Crippen LogP contribution in [-0.2, 0) is 6.42 Å². The second kappa shape index (κ2) is 11.4. The quantitative estimate of drug-likeness (QED) is 0.200. The molecule has 0 N–H and O–H groups in total. The molecule has 0 unspecified atom stereocenters. The molecular formula is C32H30S. The Labute approximate surface area is 204 Å². The largest absolute Gasteiger partial charge is 0.143 e. The summed E-state index contributed by atoms with van der Waals surface area (Å²) in [5.74, 6) is 2.70. The molecule has 3 aromatic carbocycles. The van der Waals surface area contributed by atoms with E-state index < -0.39 is 0 Å². The topological polar surface area (TPSA) is 0 Å². The summed E-state index contributed by atoms with van der Waals surface area (Å²) in [5, 5.41) is 0. The molecule has 0 aliphatic carbocycles. The molecule has 0 nitrogen and oxygen atoms in total. The third-order valence-corrected chi connectivity index (χ3v) is 6.20. The van der Waals surface area contributed by atoms with Crippen molar-refractivity contribution in [3.05, 3.63) is 132 Å². The molecule has 0 atom stereocenters. The van der Waals surface area contributed by atoms with Crippen LogP contribution < -0.4 is 0 Å². The van der Waals surface area contributed by atoms with Gasteiger partial charge in [-0.3, -0.25) is 0 Å². The van der Waals surface area contributed by atoms with Crippen molar-refractivity contribution >= 4 is 18.2 Å². The molecule has 3 aromatic rings. The molecule has 0 spiro atoms. The van der Waals surface area contributed by atoms with E-state index in [1.54, 1.807) is 0 Å². The summed E-state index contributed by atoms with van der Waals surface area (Å²) in [6.07, 6.45) is 13.4. The van der Waals surface area contributed by atoms with Gasteiger partial charge in [-0.2, -0.15) is 0 Å². The van der Waals surface area contributed by atoms with Crippen LogP contribution in [0.5, 0.6) is 0 Å². The molecule has 0 amide bonds. The number of hydrogen-bond donors (Lipinski definition) is 1. The smallest absolute Gasteiger partial charge is 0.0248 e. The van der Waals surface area contributed by atoms with Crippen LogP contribution in [0.25, 0.3) is 16.7 Å². The van der Waals surface area contributed by atoms with Crippen molar-refractivity contribution in [1.82, 2.24) is 0 Å². The van der Waals surface area contributed by atoms with Gasteiger partial charge < -0.3 is 0 Å². The van der Waals surface area contributed by atoms with E-state index in [-0.39, 0.29) is 0 Å². The van der Waals surface area contributed by atoms with Crippen molar-refractivity contribution in [2.45, 2.75) is 31.6 Å². The zero-order chi connectivity index (χ0) is 23.8. The molecule has 0 heterocycles. The Morgan fingerprint density at radius 3 is 2.39 bits per heavy atom. The maximum atomic E-state index is 5.56. The zero-order valence-electron chi connectivity index (χ0n) is 19.4. The lowest BCUT2D eigenvalue weighted by Crippen LogP contribution is -1.94. The van der Waals surface area contributed by atoms with Crippen LogP contribution in [-0.4, -0.2) is 0 Å². The minimum absolute atomic E-state index is 0.850. The first kappa shape index (κ1) is 24.2. The molecule has 0 saturated heterocycles. The normalized spacial score (nSPS) is 11.7. The molecule has 33 heavy (non-hydrogen) atoms. The van der Waals surface area contributed by atoms with E-state index in [9.17, 15) is 0 Å². The lowest BCUT2D eigenvalue weighted by molar-refractivity contribution is 0.935. The number of rotatable bonds is 8. The van der Waals surface area contributed by atoms with Gasteiger partial charge in [-0.05, 0) is 89.9 Å². The average molecular weight is 447 g/mol. The molecule has 1 heteroatoms. The summed E-state index contributed by atoms with van der Waals surface area (Å²) in [6, 6.07) is 23.0. The summed E-state index contributed by atoms with van der Waals surface area (Å²) >= 11 is 4.77. The molecule has 0 aliphatic rings. The molecule has 0 aliphatic heterocycles. The summed E-state index contributed by atoms with van der Waals surface area (Å²) in [4.78, 5) is 1.01. The predicted molar refractivity (Wildman–Crippen MR) is 148 cm³/mol. The van der Waals surface area contributed by atoms with Crippen molar-refractivity contribution < 1.29 is 0 Å². The Hall–Kier alpha value is -3.47. The lowest BCUT2D eigenvalue weighted by atomic mass is 9.94. The van der Waals surface area contributed by atoms with E-state index in [2.05, 4.69) is 80.6 Å². The molecule has 3 rings (SSSR count). The summed E-state index contributed by atoms with van der Waals surface area (Å²) in [6.45, 7) is 12.5. The van der Waals surface area contributed by atoms with Crippen molar-refractivity contribution in [3.63, 3.8) is 0 Å². The molecule has 0 radical (unpaired) electrons. The van der Waals surface area contributed by atoms with Crippen LogP contribution in [0.15, 0.2) is 114 Å². The minimum Gasteiger partial charge on any atom is -0.143 e. The van der Waals surface area contributed by atoms with E-state index in [0.717, 1.165) is 45.6 Å². The molecule has 0 fully saturated rings. The second-order valence-corrected chi connectivity index (χ2v) is 8.57. The molecule has 164 valence electrons. The van der Waals surface area contributed by atoms with Gasteiger partial charge in [0.2, 0.25) is 0 Å². The highest BCUT2D eigenvalue weighted by molar-refractivity contribution is 7.80. The second-order valence-electron chi connectivity index (χ2n) is 8.09. The highest BCUT2D eigenvalue weighted by Gasteiger charge is 2.07. The number of thiol groups is 1. The fraction of sp³-hybridized carbons (Fsp3) is 0.125. The van der Waals surface area contributed by atoms with E-state index in [1.807, 2.05) is 37.3 Å². The van der Waals surface area contributed by atoms with Crippen molar-refractivity contribution in [3.8, 4) is 23.5 Å². The fourth-order valence-electron chi connectivity index (χ4n) is 3.74. The van der Waals surface area contributed by atoms with Crippen LogP contribution >= 0.6 is 12.6 Å². The Kier molecular flexibility index (Phi) is 8.36. The number of terminal acetylenes is 1. The van der Waals surface area contributed by atoms with E-state index in [4.69, 9.17) is 19.1 Å². The standard InChI is InChI=1S/C32H30S/c1-6-25-10-9-11-30(20-25)27(8-3)21-26(7-2)24(5)14-17-29-18-19-31(22-32(29)33)28-15-12-23(4)13-16-28/h1,7-13,15-16,18-22,33H,3,5,14,17H2,2,4H3/b26-7+,27-21+. The van der Waals surface area contributed by atoms with Crippen molar-refractivity contribution in [2.75, 3.05) is 0 Å². The van der Waals surface area contributed by atoms with E-state index in [0.29, 0.717) is 0 Å². The Morgan fingerprint density at radius 1 is 1.03 bits per heavy atom. The van der Waals surface area contributed by atoms with Gasteiger partial charge in [-0.25, -0.2) is 0 Å². The summed E-state index contributed by atoms with van der Waals surface area (Å²) in [7, 11) is 0. The number of hydrogen-bond acceptors (Lipinski definition) is 1. The molecule has 0 aromatic heterocycles. The van der Waals surface area contributed by atoms with E-state index in [1.165, 1.54) is 22.3 Å². The third-order valence-electron chi connectivity index (χ3n) is 5.78. The Morgan fingerprint density at radius 2 is 1.76 bits per heavy atom. The fourth-order valence-corrected chi connectivity index (χ4v) is 4.06. The van der Waals surface area contributed by atoms with Gasteiger partial charge in [-0.1, -0.05) is 85.3 Å². The van der Waals surface area contributed by atoms with Crippen LogP contribution in [0.4, 0.5) is 0 Å². The summed E-state index contributed by atoms with van der Waals surface area (Å²) in [5.41, 5.74) is 10.0. The number of allylic oxidation sites excluding steroid dienone is 6. The van der Waals surface area contributed by atoms with Crippen molar-refractivity contribution in [2.24, 2.45) is 0 Å². The molecule has 0 saturated carbocycles. The lowest BCUT2D eigenvalue weighted by Gasteiger charge is -2.12. The van der Waals surface area contributed by atoms with Crippen LogP contribution in [0.2, 0.25) is 0 Å². The van der Waals surface area contributed by atoms with Gasteiger partial charge in [0.25, 0.3) is 0 Å². The van der Waals surface area contributed by atoms with E-state index >= 15 is 0 Å². The van der Waals surface area contributed by atoms with Gasteiger partial charge in [-0.15, -0.1) is 19.1 Å². The van der Waals surface area contributed by atoms with Gasteiger partial charge in [0.1, 0.15) is 0 Å². The SMILES string of the molecule is C#Cc1cccc(/C(C=C)=C/C(=C\C)C(=C)CCc2ccc(-c3ccc(C)cc3)cc2S)c1. The molecule has 0 bridgehead atoms. The highest BCUT2D eigenvalue weighted by atomic mass is 32.1. The minimum atomic E-state index is 0.850. The van der Waals surface area contributed by atoms with Crippen LogP contribution in [0.1, 0.15) is 35.6 Å². The Bertz CT molecular complexity index is 1260. The first-order chi connectivity index (χ1) is 15.9. The summed E-state index contributed by atoms with van der Waals surface area (Å²) < 4.78 is 0. The Balaban J connectivity index is 1.73. The maximum absolute atomic E-state index is 5.56. The van der Waals surface area contributed by atoms with Crippen molar-refractivity contribution in [1.29, 1.82) is 0 Å². The average Bonchev–Trinajstić information content (AvgIpc) is 2.84.